The predicted molar refractivity (Wildman–Crippen MR) is 175 cm³/mol. The molecule has 11 nitrogen and oxygen atoms in total. The van der Waals surface area contributed by atoms with Crippen molar-refractivity contribution in [1.82, 2.24) is 19.6 Å². The molecular formula is C31H29N5O6S4. The molecule has 0 aromatic heterocycles. The Kier molecular flexibility index (Phi) is 4.95. The Hall–Kier alpha value is -2.56. The Morgan fingerprint density at radius 2 is 1.22 bits per heavy atom. The molecule has 238 valence electrons. The van der Waals surface area contributed by atoms with E-state index in [4.69, 9.17) is 0 Å². The van der Waals surface area contributed by atoms with Crippen LogP contribution in [0.25, 0.3) is 0 Å². The van der Waals surface area contributed by atoms with Crippen LogP contribution in [0.5, 0.6) is 0 Å². The van der Waals surface area contributed by atoms with Crippen LogP contribution < -0.4 is 5.32 Å². The molecule has 2 aromatic carbocycles. The van der Waals surface area contributed by atoms with Crippen molar-refractivity contribution < 1.29 is 29.4 Å². The second-order valence-corrected chi connectivity index (χ2v) is 19.3. The first-order chi connectivity index (χ1) is 21.8. The second-order valence-electron chi connectivity index (χ2n) is 13.8. The molecule has 8 saturated heterocycles. The zero-order chi connectivity index (χ0) is 32.1. The Bertz CT molecular complexity index is 1760. The number of rotatable bonds is 1. The summed E-state index contributed by atoms with van der Waals surface area (Å²) in [5.41, 5.74) is -0.173. The molecule has 10 atom stereocenters. The van der Waals surface area contributed by atoms with Gasteiger partial charge in [-0.1, -0.05) is 64.1 Å². The fourth-order valence-electron chi connectivity index (χ4n) is 10.2. The topological polar surface area (TPSA) is 134 Å². The number of anilines is 1. The Labute approximate surface area is 279 Å². The van der Waals surface area contributed by atoms with Gasteiger partial charge in [0.1, 0.15) is 18.4 Å². The number of benzene rings is 2. The highest BCUT2D eigenvalue weighted by atomic mass is 33.1. The molecule has 0 radical (unpaired) electrons. The number of carbonyl (C=O) groups excluding carboxylic acids is 4. The number of fused-ring (bicyclic) bond motifs is 11. The van der Waals surface area contributed by atoms with Crippen molar-refractivity contribution in [2.24, 2.45) is 0 Å². The molecule has 2 aromatic rings. The van der Waals surface area contributed by atoms with Gasteiger partial charge in [-0.05, 0) is 64.6 Å². The summed E-state index contributed by atoms with van der Waals surface area (Å²) in [5, 5.41) is 30.2. The molecule has 8 fully saturated rings. The molecule has 4 bridgehead atoms. The zero-order valence-corrected chi connectivity index (χ0v) is 28.4. The lowest BCUT2D eigenvalue weighted by atomic mass is 9.51. The summed E-state index contributed by atoms with van der Waals surface area (Å²) in [4.78, 5) is 58.7. The first kappa shape index (κ1) is 28.5. The quantitative estimate of drug-likeness (QED) is 0.375. The largest absolute Gasteiger partial charge is 0.388 e. The van der Waals surface area contributed by atoms with E-state index in [1.807, 2.05) is 48.5 Å². The lowest BCUT2D eigenvalue weighted by Crippen LogP contribution is -2.77. The van der Waals surface area contributed by atoms with Gasteiger partial charge in [-0.3, -0.25) is 24.1 Å². The van der Waals surface area contributed by atoms with Crippen LogP contribution >= 0.6 is 43.2 Å². The van der Waals surface area contributed by atoms with E-state index in [9.17, 15) is 29.4 Å². The van der Waals surface area contributed by atoms with Gasteiger partial charge in [-0.25, -0.2) is 0 Å². The van der Waals surface area contributed by atoms with E-state index in [0.29, 0.717) is 23.2 Å². The number of nitrogens with one attached hydrogen (secondary N) is 1. The van der Waals surface area contributed by atoms with E-state index in [-0.39, 0.29) is 17.7 Å². The van der Waals surface area contributed by atoms with E-state index >= 15 is 0 Å². The molecule has 46 heavy (non-hydrogen) atoms. The predicted octanol–water partition coefficient (Wildman–Crippen LogP) is 1.50. The van der Waals surface area contributed by atoms with Crippen molar-refractivity contribution in [2.75, 3.05) is 19.4 Å². The van der Waals surface area contributed by atoms with E-state index in [0.717, 1.165) is 5.56 Å². The number of hydrogen-bond donors (Lipinski definition) is 3. The van der Waals surface area contributed by atoms with Crippen molar-refractivity contribution in [3.8, 4) is 0 Å². The Morgan fingerprint density at radius 3 is 1.87 bits per heavy atom. The van der Waals surface area contributed by atoms with Gasteiger partial charge in [0.15, 0.2) is 9.74 Å². The van der Waals surface area contributed by atoms with Gasteiger partial charge >= 0.3 is 0 Å². The number of carbonyl (C=O) groups is 4. The Balaban J connectivity index is 1.36. The highest BCUT2D eigenvalue weighted by Crippen LogP contribution is 2.78. The molecule has 9 aliphatic heterocycles. The normalized spacial score (nSPS) is 47.2. The first-order valence-corrected chi connectivity index (χ1v) is 19.4. The maximum Gasteiger partial charge on any atom is 0.264 e. The Morgan fingerprint density at radius 1 is 0.696 bits per heavy atom. The summed E-state index contributed by atoms with van der Waals surface area (Å²) in [7, 11) is 8.12. The molecule has 12 rings (SSSR count). The minimum absolute atomic E-state index is 0.280. The van der Waals surface area contributed by atoms with Gasteiger partial charge in [-0.2, -0.15) is 0 Å². The molecule has 10 aliphatic rings. The molecule has 9 heterocycles. The summed E-state index contributed by atoms with van der Waals surface area (Å²) >= 11 is 0. The highest BCUT2D eigenvalue weighted by molar-refractivity contribution is 8.78. The van der Waals surface area contributed by atoms with Crippen LogP contribution in [0.3, 0.4) is 0 Å². The molecule has 0 saturated carbocycles. The summed E-state index contributed by atoms with van der Waals surface area (Å²) in [6.07, 6.45) is -3.72. The maximum atomic E-state index is 14.7. The van der Waals surface area contributed by atoms with Crippen molar-refractivity contribution in [3.63, 3.8) is 0 Å². The zero-order valence-electron chi connectivity index (χ0n) is 25.1. The van der Waals surface area contributed by atoms with E-state index in [2.05, 4.69) is 5.32 Å². The van der Waals surface area contributed by atoms with Crippen LogP contribution in [0.2, 0.25) is 0 Å². The van der Waals surface area contributed by atoms with Gasteiger partial charge in [-0.15, -0.1) is 0 Å². The fraction of sp³-hybridized carbons (Fsp3) is 0.484. The summed E-state index contributed by atoms with van der Waals surface area (Å²) in [6, 6.07) is 14.4. The van der Waals surface area contributed by atoms with Crippen molar-refractivity contribution >= 4 is 72.5 Å². The monoisotopic (exact) mass is 695 g/mol. The molecular weight excluding hydrogens is 667 g/mol. The smallest absolute Gasteiger partial charge is 0.264 e. The van der Waals surface area contributed by atoms with Crippen LogP contribution in [-0.2, 0) is 36.4 Å². The van der Waals surface area contributed by atoms with Crippen LogP contribution in [-0.4, -0.2) is 111 Å². The summed E-state index contributed by atoms with van der Waals surface area (Å²) < 4.78 is 0. The summed E-state index contributed by atoms with van der Waals surface area (Å²) in [6.45, 7) is 3.46. The maximum absolute atomic E-state index is 14.7. The minimum Gasteiger partial charge on any atom is -0.388 e. The molecule has 2 spiro atoms. The number of likely N-dealkylation sites (N-methyl/N-ethyl adjacent to an activating group) is 2. The number of aliphatic hydroxyl groups excluding tert-OH is 2. The van der Waals surface area contributed by atoms with E-state index < -0.39 is 60.6 Å². The van der Waals surface area contributed by atoms with Crippen LogP contribution in [0, 0.1) is 0 Å². The highest BCUT2D eigenvalue weighted by Gasteiger charge is 2.92. The molecule has 2 unspecified atom stereocenters. The average molecular weight is 696 g/mol. The van der Waals surface area contributed by atoms with Crippen molar-refractivity contribution in [1.29, 1.82) is 0 Å². The fourth-order valence-corrected chi connectivity index (χ4v) is 17.4. The molecule has 3 N–H and O–H groups in total. The van der Waals surface area contributed by atoms with Crippen LogP contribution in [0.4, 0.5) is 5.69 Å². The molecule has 1 aliphatic carbocycles. The third-order valence-corrected chi connectivity index (χ3v) is 19.8. The SMILES string of the molecule is CN1C(=O)[C@]23SS[C@@]1(C)C(=O)N2[C@H]1Cc2ccccc2C1([C@@]12c4ccccc4N[C@@H]1N1C(=O)[C@]4(C)SS[C@]1(C(=O)N4C)[C@H]2O)C3O. The van der Waals surface area contributed by atoms with Gasteiger partial charge < -0.3 is 30.2 Å². The van der Waals surface area contributed by atoms with E-state index in [1.54, 1.807) is 32.8 Å². The minimum atomic E-state index is -1.73. The van der Waals surface area contributed by atoms with Crippen LogP contribution in [0.1, 0.15) is 30.5 Å². The van der Waals surface area contributed by atoms with Gasteiger partial charge in [0.05, 0.1) is 16.9 Å². The van der Waals surface area contributed by atoms with Crippen molar-refractivity contribution in [2.45, 2.75) is 75.0 Å². The van der Waals surface area contributed by atoms with E-state index in [1.165, 1.54) is 57.9 Å². The van der Waals surface area contributed by atoms with Gasteiger partial charge in [0, 0.05) is 19.8 Å². The number of amides is 4. The first-order valence-electron chi connectivity index (χ1n) is 15.1. The molecule has 4 amide bonds. The van der Waals surface area contributed by atoms with Gasteiger partial charge in [0.2, 0.25) is 9.74 Å². The lowest BCUT2D eigenvalue weighted by molar-refractivity contribution is -0.166. The molecule has 15 heteroatoms. The number of aliphatic hydroxyl groups is 2. The second kappa shape index (κ2) is 8.00. The third-order valence-electron chi connectivity index (χ3n) is 12.5. The number of piperazine rings is 2. The lowest BCUT2D eigenvalue weighted by Gasteiger charge is -2.58. The summed E-state index contributed by atoms with van der Waals surface area (Å²) in [5.74, 6) is -1.37. The van der Waals surface area contributed by atoms with Crippen molar-refractivity contribution in [3.05, 3.63) is 65.2 Å². The average Bonchev–Trinajstić information content (AvgIpc) is 3.70. The van der Waals surface area contributed by atoms with Gasteiger partial charge in [0.25, 0.3) is 23.6 Å². The van der Waals surface area contributed by atoms with Crippen LogP contribution in [0.15, 0.2) is 48.5 Å². The number of hydrogen-bond acceptors (Lipinski definition) is 11. The standard InChI is InChI=1S/C31H29N5O6S4/c1-26-22(39)35-18-13-14-9-5-6-10-15(14)28(18,19(37)30(35,45-43-26)24(41)33(26)3)29-16-11-7-8-12-17(16)32-21(29)36-23(40)27(2)34(4)25(42)31(36,20(29)38)46-44-27/h5-12,18-21,32,37-38H,13H2,1-4H3/t18-,19?,20-,21+,26-,27-,28?,29+,30-,31-/m0/s1. The number of para-hydroxylation sites is 1. The number of nitrogens with zero attached hydrogens (tertiary/aromatic N) is 4. The third kappa shape index (κ3) is 2.33.